The summed E-state index contributed by atoms with van der Waals surface area (Å²) >= 11 is 1.46. The Balaban J connectivity index is 1.26. The normalized spacial score (nSPS) is 11.9. The molecule has 0 aliphatic carbocycles. The third-order valence-corrected chi connectivity index (χ3v) is 8.57. The van der Waals surface area contributed by atoms with Crippen molar-refractivity contribution in [1.29, 1.82) is 0 Å². The Labute approximate surface area is 249 Å². The molecule has 1 atom stereocenters. The van der Waals surface area contributed by atoms with Gasteiger partial charge in [0.15, 0.2) is 0 Å². The molecule has 0 radical (unpaired) electrons. The number of rotatable bonds is 8. The van der Waals surface area contributed by atoms with E-state index in [4.69, 9.17) is 0 Å². The number of para-hydroxylation sites is 1. The van der Waals surface area contributed by atoms with E-state index in [9.17, 15) is 9.59 Å². The molecule has 1 heterocycles. The van der Waals surface area contributed by atoms with Crippen molar-refractivity contribution in [2.45, 2.75) is 30.5 Å². The highest BCUT2D eigenvalue weighted by Crippen LogP contribution is 2.38. The minimum Gasteiger partial charge on any atom is -0.341 e. The summed E-state index contributed by atoms with van der Waals surface area (Å²) in [6, 6.07) is 39.4. The van der Waals surface area contributed by atoms with Crippen LogP contribution in [-0.4, -0.2) is 16.4 Å². The molecule has 0 fully saturated rings. The van der Waals surface area contributed by atoms with Gasteiger partial charge in [-0.15, -0.1) is 11.8 Å². The molecule has 208 valence electrons. The molecule has 0 aliphatic rings. The molecule has 1 unspecified atom stereocenters. The van der Waals surface area contributed by atoms with Gasteiger partial charge in [0.25, 0.3) is 5.91 Å². The van der Waals surface area contributed by atoms with Crippen LogP contribution in [0.5, 0.6) is 0 Å². The van der Waals surface area contributed by atoms with Crippen LogP contribution in [0.4, 0.5) is 11.4 Å². The van der Waals surface area contributed by atoms with Gasteiger partial charge >= 0.3 is 0 Å². The molecule has 5 aromatic carbocycles. The third-order valence-electron chi connectivity index (χ3n) is 7.32. The maximum Gasteiger partial charge on any atom is 0.255 e. The highest BCUT2D eigenvalue weighted by Gasteiger charge is 2.23. The maximum atomic E-state index is 13.9. The Morgan fingerprint density at radius 3 is 2.26 bits per heavy atom. The summed E-state index contributed by atoms with van der Waals surface area (Å²) in [4.78, 5) is 27.6. The van der Waals surface area contributed by atoms with Crippen molar-refractivity contribution < 1.29 is 9.59 Å². The minimum atomic E-state index is -0.499. The molecule has 0 saturated carbocycles. The lowest BCUT2D eigenvalue weighted by Gasteiger charge is -2.18. The molecule has 6 aromatic rings. The largest absolute Gasteiger partial charge is 0.341 e. The van der Waals surface area contributed by atoms with Crippen LogP contribution < -0.4 is 10.6 Å². The van der Waals surface area contributed by atoms with Crippen molar-refractivity contribution in [2.75, 3.05) is 10.6 Å². The Hall–Kier alpha value is -4.81. The topological polar surface area (TPSA) is 63.1 Å². The number of hydrogen-bond acceptors (Lipinski definition) is 3. The SMILES string of the molecule is CCn1c2ccccc2c2cc(NC(=O)C(Sc3cccc(NC(=O)c4cccc(C)c4)c3)c3ccccc3)ccc21. The molecule has 2 N–H and O–H groups in total. The summed E-state index contributed by atoms with van der Waals surface area (Å²) in [5, 5.41) is 7.96. The van der Waals surface area contributed by atoms with E-state index in [1.54, 1.807) is 6.07 Å². The average Bonchev–Trinajstić information content (AvgIpc) is 3.33. The summed E-state index contributed by atoms with van der Waals surface area (Å²) < 4.78 is 2.30. The summed E-state index contributed by atoms with van der Waals surface area (Å²) in [7, 11) is 0. The summed E-state index contributed by atoms with van der Waals surface area (Å²) in [6.45, 7) is 4.98. The number of benzene rings is 5. The Bertz CT molecular complexity index is 1910. The predicted molar refractivity (Wildman–Crippen MR) is 174 cm³/mol. The first-order chi connectivity index (χ1) is 20.5. The second-order valence-corrected chi connectivity index (χ2v) is 11.4. The fraction of sp³-hybridized carbons (Fsp3) is 0.111. The number of thioether (sulfide) groups is 1. The van der Waals surface area contributed by atoms with Crippen LogP contribution in [-0.2, 0) is 11.3 Å². The van der Waals surface area contributed by atoms with E-state index in [1.165, 1.54) is 22.7 Å². The lowest BCUT2D eigenvalue weighted by atomic mass is 10.1. The standard InChI is InChI=1S/C36H31N3O2S/c1-3-39-32-18-8-7-17-30(32)31-23-28(19-20-33(31)39)38-36(41)34(25-12-5-4-6-13-25)42-29-16-10-15-27(22-29)37-35(40)26-14-9-11-24(2)21-26/h4-23,34H,3H2,1-2H3,(H,37,40)(H,38,41). The molecule has 2 amide bonds. The van der Waals surface area contributed by atoms with Crippen molar-refractivity contribution >= 4 is 56.8 Å². The Morgan fingerprint density at radius 2 is 1.45 bits per heavy atom. The molecule has 0 spiro atoms. The lowest BCUT2D eigenvalue weighted by molar-refractivity contribution is -0.115. The van der Waals surface area contributed by atoms with Gasteiger partial charge in [0, 0.05) is 50.2 Å². The van der Waals surface area contributed by atoms with Crippen molar-refractivity contribution in [3.63, 3.8) is 0 Å². The molecular weight excluding hydrogens is 538 g/mol. The number of fused-ring (bicyclic) bond motifs is 3. The van der Waals surface area contributed by atoms with Gasteiger partial charge in [-0.1, -0.05) is 72.3 Å². The van der Waals surface area contributed by atoms with Crippen molar-refractivity contribution in [3.8, 4) is 0 Å². The molecule has 0 aliphatic heterocycles. The van der Waals surface area contributed by atoms with Gasteiger partial charge in [0.1, 0.15) is 5.25 Å². The molecule has 42 heavy (non-hydrogen) atoms. The lowest BCUT2D eigenvalue weighted by Crippen LogP contribution is -2.19. The number of anilines is 2. The van der Waals surface area contributed by atoms with E-state index in [0.717, 1.165) is 39.2 Å². The number of carbonyl (C=O) groups excluding carboxylic acids is 2. The van der Waals surface area contributed by atoms with Gasteiger partial charge < -0.3 is 15.2 Å². The fourth-order valence-electron chi connectivity index (χ4n) is 5.35. The van der Waals surface area contributed by atoms with Crippen molar-refractivity contribution in [1.82, 2.24) is 4.57 Å². The zero-order valence-electron chi connectivity index (χ0n) is 23.5. The summed E-state index contributed by atoms with van der Waals surface area (Å²) in [5.74, 6) is -0.281. The van der Waals surface area contributed by atoms with E-state index in [1.807, 2.05) is 91.9 Å². The van der Waals surface area contributed by atoms with Crippen molar-refractivity contribution in [2.24, 2.45) is 0 Å². The molecule has 1 aromatic heterocycles. The number of amides is 2. The molecule has 6 heteroatoms. The van der Waals surface area contributed by atoms with Crippen LogP contribution in [0.1, 0.15) is 33.7 Å². The first-order valence-electron chi connectivity index (χ1n) is 14.0. The predicted octanol–water partition coefficient (Wildman–Crippen LogP) is 8.85. The van der Waals surface area contributed by atoms with Crippen LogP contribution >= 0.6 is 11.8 Å². The van der Waals surface area contributed by atoms with Gasteiger partial charge in [-0.2, -0.15) is 0 Å². The van der Waals surface area contributed by atoms with Crippen molar-refractivity contribution in [3.05, 3.63) is 138 Å². The second-order valence-electron chi connectivity index (χ2n) is 10.2. The zero-order valence-corrected chi connectivity index (χ0v) is 24.3. The van der Waals surface area contributed by atoms with Gasteiger partial charge in [-0.3, -0.25) is 9.59 Å². The Morgan fingerprint density at radius 1 is 0.714 bits per heavy atom. The second kappa shape index (κ2) is 12.0. The monoisotopic (exact) mass is 569 g/mol. The van der Waals surface area contributed by atoms with Crippen LogP contribution in [0.3, 0.4) is 0 Å². The van der Waals surface area contributed by atoms with Gasteiger partial charge in [0.2, 0.25) is 5.91 Å². The number of nitrogens with one attached hydrogen (secondary N) is 2. The van der Waals surface area contributed by atoms with Gasteiger partial charge in [-0.05, 0) is 74.0 Å². The highest BCUT2D eigenvalue weighted by molar-refractivity contribution is 8.00. The number of nitrogens with zero attached hydrogens (tertiary/aromatic N) is 1. The summed E-state index contributed by atoms with van der Waals surface area (Å²) in [5.41, 5.74) is 6.30. The van der Waals surface area contributed by atoms with E-state index in [2.05, 4.69) is 52.5 Å². The van der Waals surface area contributed by atoms with E-state index >= 15 is 0 Å². The molecule has 6 rings (SSSR count). The third kappa shape index (κ3) is 5.67. The number of carbonyl (C=O) groups is 2. The first kappa shape index (κ1) is 27.4. The van der Waals surface area contributed by atoms with Gasteiger partial charge in [0.05, 0.1) is 0 Å². The Kier molecular flexibility index (Phi) is 7.80. The quantitative estimate of drug-likeness (QED) is 0.180. The van der Waals surface area contributed by atoms with Crippen LogP contribution in [0.15, 0.2) is 126 Å². The van der Waals surface area contributed by atoms with Crippen LogP contribution in [0.25, 0.3) is 21.8 Å². The smallest absolute Gasteiger partial charge is 0.255 e. The molecule has 0 bridgehead atoms. The number of aromatic nitrogens is 1. The van der Waals surface area contributed by atoms with E-state index in [-0.39, 0.29) is 11.8 Å². The average molecular weight is 570 g/mol. The molecular formula is C36H31N3O2S. The minimum absolute atomic E-state index is 0.112. The highest BCUT2D eigenvalue weighted by atomic mass is 32.2. The molecule has 0 saturated heterocycles. The van der Waals surface area contributed by atoms with E-state index in [0.29, 0.717) is 11.3 Å². The van der Waals surface area contributed by atoms with Gasteiger partial charge in [-0.25, -0.2) is 0 Å². The number of hydrogen-bond donors (Lipinski definition) is 2. The maximum absolute atomic E-state index is 13.9. The van der Waals surface area contributed by atoms with Crippen LogP contribution in [0, 0.1) is 6.92 Å². The zero-order chi connectivity index (χ0) is 29.1. The summed E-state index contributed by atoms with van der Waals surface area (Å²) in [6.07, 6.45) is 0. The fourth-order valence-corrected chi connectivity index (χ4v) is 6.44. The van der Waals surface area contributed by atoms with E-state index < -0.39 is 5.25 Å². The first-order valence-corrected chi connectivity index (χ1v) is 14.9. The molecule has 5 nitrogen and oxygen atoms in total. The number of aryl methyl sites for hydroxylation is 2. The van der Waals surface area contributed by atoms with Crippen LogP contribution in [0.2, 0.25) is 0 Å².